The smallest absolute Gasteiger partial charge is 0.284 e. The van der Waals surface area contributed by atoms with Crippen molar-refractivity contribution in [3.05, 3.63) is 35.9 Å². The maximum absolute atomic E-state index is 13.6. The van der Waals surface area contributed by atoms with Crippen molar-refractivity contribution in [3.63, 3.8) is 0 Å². The van der Waals surface area contributed by atoms with Crippen LogP contribution in [0.15, 0.2) is 24.7 Å². The van der Waals surface area contributed by atoms with Gasteiger partial charge in [-0.3, -0.25) is 9.48 Å². The molecular formula is C17H18F4N8O. The number of halogens is 4. The van der Waals surface area contributed by atoms with Gasteiger partial charge in [-0.25, -0.2) is 27.1 Å². The molecule has 160 valence electrons. The van der Waals surface area contributed by atoms with E-state index in [1.807, 2.05) is 0 Å². The molecule has 0 aromatic carbocycles. The predicted molar refractivity (Wildman–Crippen MR) is 98.9 cm³/mol. The molecule has 0 bridgehead atoms. The highest BCUT2D eigenvalue weighted by atomic mass is 19.3. The highest BCUT2D eigenvalue weighted by Gasteiger charge is 2.36. The van der Waals surface area contributed by atoms with Crippen LogP contribution in [0.3, 0.4) is 0 Å². The molecule has 13 heteroatoms. The fourth-order valence-electron chi connectivity index (χ4n) is 3.31. The minimum atomic E-state index is -2.86. The van der Waals surface area contributed by atoms with E-state index in [0.717, 1.165) is 0 Å². The number of rotatable bonds is 5. The van der Waals surface area contributed by atoms with Crippen LogP contribution in [-0.2, 0) is 7.05 Å². The summed E-state index contributed by atoms with van der Waals surface area (Å²) in [7, 11) is 1.46. The summed E-state index contributed by atoms with van der Waals surface area (Å²) in [5, 5.41) is 15.6. The number of carbonyl (C=O) groups is 1. The quantitative estimate of drug-likeness (QED) is 0.540. The first-order valence-electron chi connectivity index (χ1n) is 9.04. The van der Waals surface area contributed by atoms with Crippen molar-refractivity contribution >= 4 is 23.1 Å². The number of nitrogens with zero attached hydrogens (tertiary/aromatic N) is 5. The standard InChI is InChI=1S/C17H18F4N8O/c1-28-7-11(13(27-28)14(18)19)25-16(30)10-6-23-29-3-2-12(26-15(10)29)24-9-4-17(20,21)8-22-5-9/h2-3,6-7,9,14,22H,4-5,8H2,1H3,(H,24,26)(H,25,30)/t9-/m1/s1. The Labute approximate surface area is 167 Å². The van der Waals surface area contributed by atoms with Crippen LogP contribution in [0.4, 0.5) is 29.1 Å². The molecule has 1 atom stereocenters. The van der Waals surface area contributed by atoms with Crippen LogP contribution < -0.4 is 16.0 Å². The van der Waals surface area contributed by atoms with E-state index < -0.39 is 30.0 Å². The van der Waals surface area contributed by atoms with Crippen LogP contribution in [0.2, 0.25) is 0 Å². The third-order valence-electron chi connectivity index (χ3n) is 4.60. The van der Waals surface area contributed by atoms with E-state index in [-0.39, 0.29) is 35.7 Å². The Morgan fingerprint density at radius 3 is 2.93 bits per heavy atom. The lowest BCUT2D eigenvalue weighted by Gasteiger charge is -2.30. The number of fused-ring (bicyclic) bond motifs is 1. The van der Waals surface area contributed by atoms with Crippen molar-refractivity contribution in [3.8, 4) is 0 Å². The van der Waals surface area contributed by atoms with E-state index in [9.17, 15) is 22.4 Å². The van der Waals surface area contributed by atoms with Crippen LogP contribution >= 0.6 is 0 Å². The van der Waals surface area contributed by atoms with Gasteiger partial charge in [-0.05, 0) is 6.07 Å². The Morgan fingerprint density at radius 2 is 2.20 bits per heavy atom. The molecule has 0 radical (unpaired) electrons. The minimum Gasteiger partial charge on any atom is -0.366 e. The van der Waals surface area contributed by atoms with Crippen molar-refractivity contribution in [1.29, 1.82) is 0 Å². The number of nitrogens with one attached hydrogen (secondary N) is 3. The van der Waals surface area contributed by atoms with Gasteiger partial charge in [-0.1, -0.05) is 0 Å². The molecule has 30 heavy (non-hydrogen) atoms. The molecule has 0 saturated carbocycles. The van der Waals surface area contributed by atoms with Crippen molar-refractivity contribution in [2.45, 2.75) is 24.8 Å². The zero-order valence-corrected chi connectivity index (χ0v) is 15.7. The Morgan fingerprint density at radius 1 is 1.40 bits per heavy atom. The van der Waals surface area contributed by atoms with Gasteiger partial charge in [0.25, 0.3) is 18.3 Å². The zero-order chi connectivity index (χ0) is 21.5. The van der Waals surface area contributed by atoms with Crippen LogP contribution in [-0.4, -0.2) is 55.3 Å². The number of aromatic nitrogens is 5. The summed E-state index contributed by atoms with van der Waals surface area (Å²) in [5.74, 6) is -3.24. The predicted octanol–water partition coefficient (Wildman–Crippen LogP) is 2.06. The Hall–Kier alpha value is -3.22. The number of carbonyl (C=O) groups excluding carboxylic acids is 1. The van der Waals surface area contributed by atoms with Crippen LogP contribution in [0, 0.1) is 0 Å². The zero-order valence-electron chi connectivity index (χ0n) is 15.7. The third-order valence-corrected chi connectivity index (χ3v) is 4.60. The first-order chi connectivity index (χ1) is 14.2. The number of anilines is 2. The van der Waals surface area contributed by atoms with Gasteiger partial charge in [0.15, 0.2) is 11.3 Å². The molecule has 4 rings (SSSR count). The fourth-order valence-corrected chi connectivity index (χ4v) is 3.31. The van der Waals surface area contributed by atoms with Crippen LogP contribution in [0.5, 0.6) is 0 Å². The third kappa shape index (κ3) is 4.06. The molecule has 1 saturated heterocycles. The SMILES string of the molecule is Cn1cc(NC(=O)c2cnn3ccc(N[C@H]4CNCC(F)(F)C4)nc23)c(C(F)F)n1. The summed E-state index contributed by atoms with van der Waals surface area (Å²) in [4.78, 5) is 16.9. The van der Waals surface area contributed by atoms with Gasteiger partial charge in [0, 0.05) is 38.4 Å². The largest absolute Gasteiger partial charge is 0.366 e. The number of aryl methyl sites for hydroxylation is 1. The van der Waals surface area contributed by atoms with Crippen LogP contribution in [0.1, 0.15) is 28.9 Å². The molecule has 3 aromatic heterocycles. The summed E-state index contributed by atoms with van der Waals surface area (Å²) in [5.41, 5.74) is -0.490. The van der Waals surface area contributed by atoms with E-state index in [1.54, 1.807) is 6.07 Å². The van der Waals surface area contributed by atoms with Gasteiger partial charge >= 0.3 is 0 Å². The van der Waals surface area contributed by atoms with E-state index in [4.69, 9.17) is 0 Å². The molecule has 0 spiro atoms. The van der Waals surface area contributed by atoms with Gasteiger partial charge < -0.3 is 16.0 Å². The summed E-state index contributed by atoms with van der Waals surface area (Å²) < 4.78 is 55.8. The normalized spacial score (nSPS) is 18.7. The van der Waals surface area contributed by atoms with E-state index in [2.05, 4.69) is 31.1 Å². The second-order valence-corrected chi connectivity index (χ2v) is 7.03. The topological polar surface area (TPSA) is 101 Å². The van der Waals surface area contributed by atoms with Crippen LogP contribution in [0.25, 0.3) is 5.65 Å². The first-order valence-corrected chi connectivity index (χ1v) is 9.04. The number of hydrogen-bond acceptors (Lipinski definition) is 6. The summed E-state index contributed by atoms with van der Waals surface area (Å²) in [6.45, 7) is -0.0357. The van der Waals surface area contributed by atoms with E-state index >= 15 is 0 Å². The van der Waals surface area contributed by atoms with Gasteiger partial charge in [-0.15, -0.1) is 0 Å². The Kier molecular flexibility index (Phi) is 5.05. The molecule has 0 aliphatic carbocycles. The second kappa shape index (κ2) is 7.55. The molecule has 1 aliphatic heterocycles. The summed E-state index contributed by atoms with van der Waals surface area (Å²) in [6.07, 6.45) is 0.820. The average molecular weight is 426 g/mol. The maximum Gasteiger partial charge on any atom is 0.284 e. The summed E-state index contributed by atoms with van der Waals surface area (Å²) >= 11 is 0. The molecular weight excluding hydrogens is 408 g/mol. The highest BCUT2D eigenvalue weighted by Crippen LogP contribution is 2.26. The van der Waals surface area contributed by atoms with Gasteiger partial charge in [0.05, 0.1) is 18.4 Å². The average Bonchev–Trinajstić information content (AvgIpc) is 3.24. The van der Waals surface area contributed by atoms with Gasteiger partial charge in [0.1, 0.15) is 11.4 Å². The lowest BCUT2D eigenvalue weighted by molar-refractivity contribution is -0.0244. The molecule has 0 unspecified atom stereocenters. The summed E-state index contributed by atoms with van der Waals surface area (Å²) in [6, 6.07) is 0.998. The van der Waals surface area contributed by atoms with E-state index in [0.29, 0.717) is 6.54 Å². The van der Waals surface area contributed by atoms with Crippen molar-refractivity contribution < 1.29 is 22.4 Å². The number of hydrogen-bond donors (Lipinski definition) is 3. The van der Waals surface area contributed by atoms with Crippen molar-refractivity contribution in [1.82, 2.24) is 29.7 Å². The van der Waals surface area contributed by atoms with Crippen molar-refractivity contribution in [2.75, 3.05) is 23.7 Å². The molecule has 3 N–H and O–H groups in total. The molecule has 1 aliphatic rings. The van der Waals surface area contributed by atoms with Gasteiger partial charge in [0.2, 0.25) is 0 Å². The number of alkyl halides is 4. The number of piperidine rings is 1. The van der Waals surface area contributed by atoms with E-state index in [1.165, 1.54) is 34.8 Å². The molecule has 3 aromatic rings. The number of amides is 1. The Bertz CT molecular complexity index is 1080. The lowest BCUT2D eigenvalue weighted by Crippen LogP contribution is -2.49. The second-order valence-electron chi connectivity index (χ2n) is 7.03. The molecule has 9 nitrogen and oxygen atoms in total. The monoisotopic (exact) mass is 426 g/mol. The first kappa shape index (κ1) is 20.1. The highest BCUT2D eigenvalue weighted by molar-refractivity contribution is 6.08. The fraction of sp³-hybridized carbons (Fsp3) is 0.412. The minimum absolute atomic E-state index is 0.0369. The maximum atomic E-state index is 13.6. The molecule has 4 heterocycles. The lowest BCUT2D eigenvalue weighted by atomic mass is 10.0. The van der Waals surface area contributed by atoms with Crippen molar-refractivity contribution in [2.24, 2.45) is 7.05 Å². The Balaban J connectivity index is 1.56. The van der Waals surface area contributed by atoms with Gasteiger partial charge in [-0.2, -0.15) is 10.2 Å². The molecule has 1 amide bonds. The molecule has 1 fully saturated rings.